The van der Waals surface area contributed by atoms with Crippen molar-refractivity contribution in [1.82, 2.24) is 10.2 Å². The number of aliphatic carboxylic acids is 1. The van der Waals surface area contributed by atoms with E-state index in [1.54, 1.807) is 24.3 Å². The Bertz CT molecular complexity index is 608. The summed E-state index contributed by atoms with van der Waals surface area (Å²) in [6.07, 6.45) is 0. The minimum atomic E-state index is -1.28. The molecule has 0 unspecified atom stereocenters. The Hall–Kier alpha value is -1.88. The van der Waals surface area contributed by atoms with Crippen LogP contribution in [0.2, 0.25) is 0 Å². The summed E-state index contributed by atoms with van der Waals surface area (Å²) in [6.45, 7) is 0. The number of halogens is 1. The molecule has 0 amide bonds. The van der Waals surface area contributed by atoms with Crippen molar-refractivity contribution in [1.29, 1.82) is 0 Å². The second kappa shape index (κ2) is 3.94. The highest BCUT2D eigenvalue weighted by Crippen LogP contribution is 2.24. The van der Waals surface area contributed by atoms with Crippen molar-refractivity contribution < 1.29 is 9.90 Å². The van der Waals surface area contributed by atoms with Crippen molar-refractivity contribution in [3.63, 3.8) is 0 Å². The second-order valence-electron chi connectivity index (χ2n) is 3.18. The number of carboxylic acids is 1. The quantitative estimate of drug-likeness (QED) is 0.773. The van der Waals surface area contributed by atoms with Crippen LogP contribution in [-0.4, -0.2) is 21.3 Å². The molecule has 1 heterocycles. The lowest BCUT2D eigenvalue weighted by Crippen LogP contribution is -2.15. The summed E-state index contributed by atoms with van der Waals surface area (Å²) in [5, 5.41) is 14.3. The van der Waals surface area contributed by atoms with Crippen LogP contribution in [0.1, 0.15) is 11.1 Å². The van der Waals surface area contributed by atoms with Crippen LogP contribution >= 0.6 is 11.6 Å². The van der Waals surface area contributed by atoms with E-state index in [-0.39, 0.29) is 11.3 Å². The monoisotopic (exact) mass is 238 g/mol. The summed E-state index contributed by atoms with van der Waals surface area (Å²) in [6, 6.07) is 6.58. The van der Waals surface area contributed by atoms with Crippen molar-refractivity contribution in [3.05, 3.63) is 40.3 Å². The molecule has 0 bridgehead atoms. The zero-order chi connectivity index (χ0) is 11.7. The molecule has 6 heteroatoms. The van der Waals surface area contributed by atoms with Gasteiger partial charge in [0.2, 0.25) is 0 Å². The summed E-state index contributed by atoms with van der Waals surface area (Å²) in [4.78, 5) is 22.2. The highest BCUT2D eigenvalue weighted by Gasteiger charge is 2.21. The van der Waals surface area contributed by atoms with Crippen LogP contribution in [-0.2, 0) is 4.79 Å². The van der Waals surface area contributed by atoms with Gasteiger partial charge in [-0.25, -0.2) is 5.10 Å². The molecule has 0 fully saturated rings. The van der Waals surface area contributed by atoms with Crippen molar-refractivity contribution in [3.8, 4) is 0 Å². The van der Waals surface area contributed by atoms with Crippen molar-refractivity contribution in [2.24, 2.45) is 0 Å². The average molecular weight is 239 g/mol. The number of benzene rings is 1. The fourth-order valence-electron chi connectivity index (χ4n) is 1.45. The van der Waals surface area contributed by atoms with Gasteiger partial charge >= 0.3 is 5.97 Å². The normalized spacial score (nSPS) is 12.6. The van der Waals surface area contributed by atoms with E-state index >= 15 is 0 Å². The Morgan fingerprint density at radius 2 is 2.00 bits per heavy atom. The molecule has 0 radical (unpaired) electrons. The highest BCUT2D eigenvalue weighted by atomic mass is 35.5. The first-order valence-electron chi connectivity index (χ1n) is 4.45. The van der Waals surface area contributed by atoms with Crippen LogP contribution in [0.25, 0.3) is 10.8 Å². The van der Waals surface area contributed by atoms with E-state index in [2.05, 4.69) is 10.2 Å². The lowest BCUT2D eigenvalue weighted by molar-refractivity contribution is -0.136. The molecular formula is C10H7ClN2O3. The predicted octanol–water partition coefficient (Wildman–Crippen LogP) is 1.29. The van der Waals surface area contributed by atoms with Gasteiger partial charge < -0.3 is 5.11 Å². The number of aromatic amines is 1. The molecule has 0 saturated carbocycles. The Morgan fingerprint density at radius 1 is 1.38 bits per heavy atom. The lowest BCUT2D eigenvalue weighted by atomic mass is 10.1. The van der Waals surface area contributed by atoms with E-state index in [1.165, 1.54) is 0 Å². The van der Waals surface area contributed by atoms with Gasteiger partial charge in [-0.15, -0.1) is 11.6 Å². The van der Waals surface area contributed by atoms with E-state index in [9.17, 15) is 9.59 Å². The summed E-state index contributed by atoms with van der Waals surface area (Å²) < 4.78 is 0. The molecule has 0 aliphatic carbocycles. The van der Waals surface area contributed by atoms with Gasteiger partial charge in [0.1, 0.15) is 0 Å². The lowest BCUT2D eigenvalue weighted by Gasteiger charge is -2.06. The van der Waals surface area contributed by atoms with Gasteiger partial charge in [0.25, 0.3) is 5.56 Å². The SMILES string of the molecule is O=C(O)[C@@H](Cl)c1n[nH]c(=O)c2ccccc12. The number of nitrogens with zero attached hydrogens (tertiary/aromatic N) is 1. The van der Waals surface area contributed by atoms with Crippen molar-refractivity contribution >= 4 is 28.3 Å². The molecule has 16 heavy (non-hydrogen) atoms. The fraction of sp³-hybridized carbons (Fsp3) is 0.100. The molecule has 1 aromatic heterocycles. The van der Waals surface area contributed by atoms with Crippen molar-refractivity contribution in [2.75, 3.05) is 0 Å². The minimum absolute atomic E-state index is 0.143. The number of rotatable bonds is 2. The molecule has 82 valence electrons. The first-order valence-corrected chi connectivity index (χ1v) is 4.89. The van der Waals surface area contributed by atoms with Gasteiger partial charge in [-0.1, -0.05) is 18.2 Å². The summed E-state index contributed by atoms with van der Waals surface area (Å²) in [5.74, 6) is -1.20. The zero-order valence-corrected chi connectivity index (χ0v) is 8.73. The maximum atomic E-state index is 11.4. The summed E-state index contributed by atoms with van der Waals surface area (Å²) in [7, 11) is 0. The van der Waals surface area contributed by atoms with Crippen LogP contribution < -0.4 is 5.56 Å². The molecule has 2 aromatic rings. The molecule has 0 aliphatic rings. The molecule has 1 atom stereocenters. The number of H-pyrrole nitrogens is 1. The molecule has 2 N–H and O–H groups in total. The molecular weight excluding hydrogens is 232 g/mol. The highest BCUT2D eigenvalue weighted by molar-refractivity contribution is 6.30. The van der Waals surface area contributed by atoms with Gasteiger partial charge in [-0.3, -0.25) is 9.59 Å². The third kappa shape index (κ3) is 1.65. The summed E-state index contributed by atoms with van der Waals surface area (Å²) >= 11 is 5.69. The molecule has 2 rings (SSSR count). The Kier molecular flexibility index (Phi) is 2.62. The number of aromatic nitrogens is 2. The van der Waals surface area contributed by atoms with Crippen LogP contribution in [0.3, 0.4) is 0 Å². The Labute approximate surface area is 94.7 Å². The second-order valence-corrected chi connectivity index (χ2v) is 3.62. The zero-order valence-electron chi connectivity index (χ0n) is 7.98. The fourth-order valence-corrected chi connectivity index (χ4v) is 1.61. The molecule has 0 spiro atoms. The maximum absolute atomic E-state index is 11.4. The topological polar surface area (TPSA) is 83.0 Å². The van der Waals surface area contributed by atoms with E-state index in [0.717, 1.165) is 0 Å². The van der Waals surface area contributed by atoms with Crippen LogP contribution in [0.4, 0.5) is 0 Å². The van der Waals surface area contributed by atoms with E-state index < -0.39 is 11.3 Å². The third-order valence-electron chi connectivity index (χ3n) is 2.18. The average Bonchev–Trinajstić information content (AvgIpc) is 2.29. The Morgan fingerprint density at radius 3 is 2.62 bits per heavy atom. The van der Waals surface area contributed by atoms with Crippen molar-refractivity contribution in [2.45, 2.75) is 5.38 Å². The van der Waals surface area contributed by atoms with Crippen LogP contribution in [0.5, 0.6) is 0 Å². The largest absolute Gasteiger partial charge is 0.480 e. The number of carbonyl (C=O) groups is 1. The van der Waals surface area contributed by atoms with Crippen LogP contribution in [0.15, 0.2) is 29.1 Å². The van der Waals surface area contributed by atoms with Gasteiger partial charge in [0, 0.05) is 5.39 Å². The number of hydrogen-bond acceptors (Lipinski definition) is 3. The van der Waals surface area contributed by atoms with Crippen LogP contribution in [0, 0.1) is 0 Å². The Balaban J connectivity index is 2.77. The first-order chi connectivity index (χ1) is 7.61. The number of nitrogens with one attached hydrogen (secondary N) is 1. The van der Waals surface area contributed by atoms with E-state index in [4.69, 9.17) is 16.7 Å². The number of alkyl halides is 1. The predicted molar refractivity (Wildman–Crippen MR) is 58.6 cm³/mol. The number of hydrogen-bond donors (Lipinski definition) is 2. The first kappa shape index (κ1) is 10.6. The number of fused-ring (bicyclic) bond motifs is 1. The minimum Gasteiger partial charge on any atom is -0.480 e. The number of carboxylic acid groups (broad SMARTS) is 1. The van der Waals surface area contributed by atoms with E-state index in [0.29, 0.717) is 10.8 Å². The standard InChI is InChI=1S/C10H7ClN2O3/c11-7(10(15)16)8-5-3-1-2-4-6(5)9(14)13-12-8/h1-4,7H,(H,13,14)(H,15,16)/t7-/m0/s1. The molecule has 5 nitrogen and oxygen atoms in total. The molecule has 0 aliphatic heterocycles. The molecule has 0 saturated heterocycles. The molecule has 1 aromatic carbocycles. The van der Waals surface area contributed by atoms with Gasteiger partial charge in [-0.2, -0.15) is 5.10 Å². The third-order valence-corrected chi connectivity index (χ3v) is 2.58. The van der Waals surface area contributed by atoms with Gasteiger partial charge in [-0.05, 0) is 6.07 Å². The maximum Gasteiger partial charge on any atom is 0.327 e. The van der Waals surface area contributed by atoms with Gasteiger partial charge in [0.15, 0.2) is 5.38 Å². The van der Waals surface area contributed by atoms with E-state index in [1.807, 2.05) is 0 Å². The summed E-state index contributed by atoms with van der Waals surface area (Å²) in [5.41, 5.74) is -0.224. The smallest absolute Gasteiger partial charge is 0.327 e. The van der Waals surface area contributed by atoms with Gasteiger partial charge in [0.05, 0.1) is 11.1 Å².